The monoisotopic (exact) mass is 201 g/mol. The SMILES string of the molecule is Cn1cnc(Oc2ccc(C#N)cn2)n1. The van der Waals surface area contributed by atoms with E-state index >= 15 is 0 Å². The predicted octanol–water partition coefficient (Wildman–Crippen LogP) is 0.874. The minimum Gasteiger partial charge on any atom is -0.404 e. The van der Waals surface area contributed by atoms with Crippen molar-refractivity contribution >= 4 is 0 Å². The third-order valence-corrected chi connectivity index (χ3v) is 1.64. The van der Waals surface area contributed by atoms with Crippen molar-refractivity contribution in [3.8, 4) is 18.0 Å². The first-order valence-electron chi connectivity index (χ1n) is 4.17. The fourth-order valence-corrected chi connectivity index (χ4v) is 0.967. The second-order valence-electron chi connectivity index (χ2n) is 2.80. The predicted molar refractivity (Wildman–Crippen MR) is 50.0 cm³/mol. The quantitative estimate of drug-likeness (QED) is 0.720. The topological polar surface area (TPSA) is 76.6 Å². The van der Waals surface area contributed by atoms with Crippen molar-refractivity contribution in [1.82, 2.24) is 19.7 Å². The van der Waals surface area contributed by atoms with Crippen LogP contribution in [0.5, 0.6) is 11.9 Å². The molecule has 2 heterocycles. The van der Waals surface area contributed by atoms with Crippen molar-refractivity contribution in [2.24, 2.45) is 7.05 Å². The van der Waals surface area contributed by atoms with Crippen molar-refractivity contribution in [3.05, 3.63) is 30.2 Å². The van der Waals surface area contributed by atoms with Crippen LogP contribution in [-0.2, 0) is 7.05 Å². The molecule has 0 saturated carbocycles. The molecule has 0 atom stereocenters. The summed E-state index contributed by atoms with van der Waals surface area (Å²) in [6, 6.07) is 5.41. The van der Waals surface area contributed by atoms with Gasteiger partial charge in [-0.25, -0.2) is 4.98 Å². The van der Waals surface area contributed by atoms with Gasteiger partial charge in [0.05, 0.1) is 5.56 Å². The average molecular weight is 201 g/mol. The number of hydrogen-bond donors (Lipinski definition) is 0. The third-order valence-electron chi connectivity index (χ3n) is 1.64. The number of nitrogens with zero attached hydrogens (tertiary/aromatic N) is 5. The number of ether oxygens (including phenoxy) is 1. The Bertz CT molecular complexity index is 496. The van der Waals surface area contributed by atoms with Gasteiger partial charge in [0.15, 0.2) is 0 Å². The van der Waals surface area contributed by atoms with Crippen LogP contribution >= 0.6 is 0 Å². The molecule has 6 nitrogen and oxygen atoms in total. The normalized spacial score (nSPS) is 9.60. The Hall–Kier alpha value is -2.42. The maximum absolute atomic E-state index is 8.56. The fourth-order valence-electron chi connectivity index (χ4n) is 0.967. The Morgan fingerprint density at radius 1 is 1.40 bits per heavy atom. The highest BCUT2D eigenvalue weighted by molar-refractivity contribution is 5.28. The van der Waals surface area contributed by atoms with Gasteiger partial charge in [0.1, 0.15) is 12.4 Å². The van der Waals surface area contributed by atoms with Gasteiger partial charge in [0.2, 0.25) is 5.88 Å². The number of pyridine rings is 1. The summed E-state index contributed by atoms with van der Waals surface area (Å²) in [6.07, 6.45) is 2.96. The maximum atomic E-state index is 8.56. The molecule has 2 rings (SSSR count). The number of aryl methyl sites for hydroxylation is 1. The van der Waals surface area contributed by atoms with Gasteiger partial charge in [-0.3, -0.25) is 4.68 Å². The van der Waals surface area contributed by atoms with Gasteiger partial charge in [-0.05, 0) is 6.07 Å². The van der Waals surface area contributed by atoms with Crippen LogP contribution in [0.1, 0.15) is 5.56 Å². The molecule has 74 valence electrons. The number of hydrogen-bond acceptors (Lipinski definition) is 5. The minimum atomic E-state index is 0.231. The number of nitriles is 1. The molecule has 0 N–H and O–H groups in total. The summed E-state index contributed by atoms with van der Waals surface area (Å²) in [5.41, 5.74) is 0.483. The van der Waals surface area contributed by atoms with E-state index in [2.05, 4.69) is 15.1 Å². The van der Waals surface area contributed by atoms with Gasteiger partial charge in [0.25, 0.3) is 0 Å². The van der Waals surface area contributed by atoms with Crippen molar-refractivity contribution in [2.75, 3.05) is 0 Å². The molecule has 2 aromatic rings. The van der Waals surface area contributed by atoms with Gasteiger partial charge in [-0.2, -0.15) is 10.2 Å². The molecular formula is C9H7N5O. The van der Waals surface area contributed by atoms with E-state index < -0.39 is 0 Å². The van der Waals surface area contributed by atoms with Crippen molar-refractivity contribution in [1.29, 1.82) is 5.26 Å². The summed E-state index contributed by atoms with van der Waals surface area (Å²) in [7, 11) is 1.74. The summed E-state index contributed by atoms with van der Waals surface area (Å²) in [4.78, 5) is 7.80. The van der Waals surface area contributed by atoms with Crippen LogP contribution in [0.15, 0.2) is 24.7 Å². The summed E-state index contributed by atoms with van der Waals surface area (Å²) < 4.78 is 6.76. The van der Waals surface area contributed by atoms with E-state index in [-0.39, 0.29) is 6.01 Å². The van der Waals surface area contributed by atoms with E-state index in [1.54, 1.807) is 19.2 Å². The lowest BCUT2D eigenvalue weighted by Crippen LogP contribution is -1.92. The Morgan fingerprint density at radius 3 is 2.80 bits per heavy atom. The summed E-state index contributed by atoms with van der Waals surface area (Å²) >= 11 is 0. The zero-order chi connectivity index (χ0) is 10.7. The van der Waals surface area contributed by atoms with Crippen molar-refractivity contribution < 1.29 is 4.74 Å². The van der Waals surface area contributed by atoms with Gasteiger partial charge < -0.3 is 4.74 Å². The highest BCUT2D eigenvalue weighted by Gasteiger charge is 2.02. The van der Waals surface area contributed by atoms with E-state index in [1.807, 2.05) is 6.07 Å². The standard InChI is InChI=1S/C9H7N5O/c1-14-6-12-9(13-14)15-8-3-2-7(4-10)5-11-8/h2-3,5-6H,1H3. The van der Waals surface area contributed by atoms with E-state index in [9.17, 15) is 0 Å². The first-order valence-corrected chi connectivity index (χ1v) is 4.17. The molecule has 2 aromatic heterocycles. The Labute approximate surface area is 85.8 Å². The van der Waals surface area contributed by atoms with Crippen LogP contribution in [0.2, 0.25) is 0 Å². The van der Waals surface area contributed by atoms with E-state index in [1.165, 1.54) is 17.2 Å². The first kappa shape index (κ1) is 9.15. The lowest BCUT2D eigenvalue weighted by molar-refractivity contribution is 0.422. The number of aromatic nitrogens is 4. The second-order valence-corrected chi connectivity index (χ2v) is 2.80. The van der Waals surface area contributed by atoms with E-state index in [0.29, 0.717) is 11.4 Å². The minimum absolute atomic E-state index is 0.231. The fraction of sp³-hybridized carbons (Fsp3) is 0.111. The lowest BCUT2D eigenvalue weighted by atomic mass is 10.3. The van der Waals surface area contributed by atoms with Crippen LogP contribution in [0.4, 0.5) is 0 Å². The molecule has 6 heteroatoms. The lowest BCUT2D eigenvalue weighted by Gasteiger charge is -1.98. The van der Waals surface area contributed by atoms with Gasteiger partial charge >= 0.3 is 6.01 Å². The molecular weight excluding hydrogens is 194 g/mol. The summed E-state index contributed by atoms with van der Waals surface area (Å²) in [6.45, 7) is 0. The van der Waals surface area contributed by atoms with Crippen LogP contribution in [-0.4, -0.2) is 19.7 Å². The van der Waals surface area contributed by atoms with Crippen molar-refractivity contribution in [2.45, 2.75) is 0 Å². The van der Waals surface area contributed by atoms with Crippen LogP contribution in [0, 0.1) is 11.3 Å². The van der Waals surface area contributed by atoms with E-state index in [0.717, 1.165) is 0 Å². The molecule has 0 amide bonds. The smallest absolute Gasteiger partial charge is 0.342 e. The Kier molecular flexibility index (Phi) is 2.29. The number of rotatable bonds is 2. The Balaban J connectivity index is 2.15. The van der Waals surface area contributed by atoms with E-state index in [4.69, 9.17) is 10.00 Å². The molecule has 0 saturated heterocycles. The first-order chi connectivity index (χ1) is 7.28. The molecule has 0 bridgehead atoms. The average Bonchev–Trinajstić information content (AvgIpc) is 2.65. The van der Waals surface area contributed by atoms with Crippen LogP contribution in [0.25, 0.3) is 0 Å². The van der Waals surface area contributed by atoms with Crippen molar-refractivity contribution in [3.63, 3.8) is 0 Å². The molecule has 0 aliphatic heterocycles. The maximum Gasteiger partial charge on any atom is 0.342 e. The van der Waals surface area contributed by atoms with Crippen LogP contribution in [0.3, 0.4) is 0 Å². The summed E-state index contributed by atoms with van der Waals surface area (Å²) in [5, 5.41) is 12.5. The summed E-state index contributed by atoms with van der Waals surface area (Å²) in [5.74, 6) is 0.361. The zero-order valence-electron chi connectivity index (χ0n) is 7.95. The molecule has 0 radical (unpaired) electrons. The highest BCUT2D eigenvalue weighted by Crippen LogP contribution is 2.13. The van der Waals surface area contributed by atoms with Crippen LogP contribution < -0.4 is 4.74 Å². The Morgan fingerprint density at radius 2 is 2.27 bits per heavy atom. The third kappa shape index (κ3) is 2.08. The molecule has 0 unspecified atom stereocenters. The molecule has 0 aromatic carbocycles. The molecule has 15 heavy (non-hydrogen) atoms. The molecule has 0 aliphatic carbocycles. The highest BCUT2D eigenvalue weighted by atomic mass is 16.5. The van der Waals surface area contributed by atoms with Gasteiger partial charge in [-0.1, -0.05) is 0 Å². The largest absolute Gasteiger partial charge is 0.404 e. The molecule has 0 aliphatic rings. The molecule has 0 fully saturated rings. The van der Waals surface area contributed by atoms with Gasteiger partial charge in [0, 0.05) is 19.3 Å². The zero-order valence-corrected chi connectivity index (χ0v) is 7.95. The second kappa shape index (κ2) is 3.75. The van der Waals surface area contributed by atoms with Gasteiger partial charge in [-0.15, -0.1) is 5.10 Å². The molecule has 0 spiro atoms.